The van der Waals surface area contributed by atoms with Gasteiger partial charge in [0.25, 0.3) is 5.91 Å². The van der Waals surface area contributed by atoms with E-state index < -0.39 is 0 Å². The van der Waals surface area contributed by atoms with Crippen molar-refractivity contribution in [2.45, 2.75) is 6.54 Å². The third-order valence-corrected chi connectivity index (χ3v) is 2.98. The van der Waals surface area contributed by atoms with Crippen molar-refractivity contribution in [3.05, 3.63) is 54.1 Å². The highest BCUT2D eigenvalue weighted by atomic mass is 16.3. The summed E-state index contributed by atoms with van der Waals surface area (Å²) in [7, 11) is 0. The number of fused-ring (bicyclic) bond motifs is 1. The summed E-state index contributed by atoms with van der Waals surface area (Å²) in [4.78, 5) is 15.2. The number of aromatic nitrogens is 1. The van der Waals surface area contributed by atoms with E-state index in [2.05, 4.69) is 10.3 Å². The van der Waals surface area contributed by atoms with Crippen molar-refractivity contribution in [2.75, 3.05) is 5.73 Å². The lowest BCUT2D eigenvalue weighted by molar-refractivity contribution is 0.0952. The molecule has 5 nitrogen and oxygen atoms in total. The number of hydrogen-bond donors (Lipinski definition) is 3. The Labute approximate surface area is 109 Å². The summed E-state index contributed by atoms with van der Waals surface area (Å²) in [6, 6.07) is 7.25. The number of benzene rings is 1. The molecule has 0 radical (unpaired) electrons. The van der Waals surface area contributed by atoms with Gasteiger partial charge in [-0.3, -0.25) is 4.79 Å². The maximum Gasteiger partial charge on any atom is 0.253 e. The molecule has 0 aliphatic rings. The van der Waals surface area contributed by atoms with Crippen LogP contribution >= 0.6 is 0 Å². The topological polar surface area (TPSA) is 84.1 Å². The van der Waals surface area contributed by atoms with E-state index in [-0.39, 0.29) is 5.91 Å². The summed E-state index contributed by atoms with van der Waals surface area (Å²) in [6.07, 6.45) is 4.88. The van der Waals surface area contributed by atoms with Crippen molar-refractivity contribution in [3.63, 3.8) is 0 Å². The number of anilines is 1. The van der Waals surface area contributed by atoms with Gasteiger partial charge in [0.05, 0.1) is 18.1 Å². The molecule has 0 unspecified atom stereocenters. The predicted molar refractivity (Wildman–Crippen MR) is 72.6 cm³/mol. The Balaban J connectivity index is 1.81. The second kappa shape index (κ2) is 4.53. The molecule has 3 rings (SSSR count). The first-order chi connectivity index (χ1) is 9.24. The Morgan fingerprint density at radius 1 is 1.37 bits per heavy atom. The van der Waals surface area contributed by atoms with Crippen LogP contribution in [0.4, 0.5) is 5.69 Å². The van der Waals surface area contributed by atoms with Gasteiger partial charge in [0.2, 0.25) is 0 Å². The monoisotopic (exact) mass is 255 g/mol. The smallest absolute Gasteiger partial charge is 0.253 e. The SMILES string of the molecule is Nc1ccc2c(C(=O)NCc3ccoc3)c[nH]c2c1. The average molecular weight is 255 g/mol. The molecule has 0 bridgehead atoms. The molecule has 0 aliphatic heterocycles. The minimum Gasteiger partial charge on any atom is -0.472 e. The minimum atomic E-state index is -0.128. The van der Waals surface area contributed by atoms with E-state index in [4.69, 9.17) is 10.2 Å². The number of nitrogen functional groups attached to an aromatic ring is 1. The normalized spacial score (nSPS) is 10.7. The summed E-state index contributed by atoms with van der Waals surface area (Å²) < 4.78 is 4.95. The fourth-order valence-electron chi connectivity index (χ4n) is 2.00. The molecular weight excluding hydrogens is 242 g/mol. The maximum atomic E-state index is 12.1. The van der Waals surface area contributed by atoms with Crippen molar-refractivity contribution in [3.8, 4) is 0 Å². The molecule has 96 valence electrons. The predicted octanol–water partition coefficient (Wildman–Crippen LogP) is 2.27. The Morgan fingerprint density at radius 2 is 2.26 bits per heavy atom. The summed E-state index contributed by atoms with van der Waals surface area (Å²) in [6.45, 7) is 0.441. The molecule has 0 atom stereocenters. The Kier molecular flexibility index (Phi) is 2.72. The van der Waals surface area contributed by atoms with Crippen molar-refractivity contribution >= 4 is 22.5 Å². The molecule has 2 aromatic heterocycles. The van der Waals surface area contributed by atoms with Crippen LogP contribution in [-0.2, 0) is 6.54 Å². The fourth-order valence-corrected chi connectivity index (χ4v) is 2.00. The van der Waals surface area contributed by atoms with E-state index in [0.29, 0.717) is 17.8 Å². The van der Waals surface area contributed by atoms with Crippen molar-refractivity contribution in [1.82, 2.24) is 10.3 Å². The van der Waals surface area contributed by atoms with Crippen molar-refractivity contribution < 1.29 is 9.21 Å². The first-order valence-electron chi connectivity index (χ1n) is 5.90. The first kappa shape index (κ1) is 11.4. The van der Waals surface area contributed by atoms with Gasteiger partial charge < -0.3 is 20.5 Å². The molecule has 0 aliphatic carbocycles. The average Bonchev–Trinajstić information content (AvgIpc) is 3.04. The summed E-state index contributed by atoms with van der Waals surface area (Å²) >= 11 is 0. The van der Waals surface area contributed by atoms with Gasteiger partial charge in [-0.15, -0.1) is 0 Å². The van der Waals surface area contributed by atoms with E-state index in [1.165, 1.54) is 0 Å². The van der Waals surface area contributed by atoms with Crippen LogP contribution in [0.3, 0.4) is 0 Å². The second-order valence-electron chi connectivity index (χ2n) is 4.32. The maximum absolute atomic E-state index is 12.1. The van der Waals surface area contributed by atoms with Crippen LogP contribution in [0, 0.1) is 0 Å². The number of carbonyl (C=O) groups is 1. The molecule has 2 heterocycles. The van der Waals surface area contributed by atoms with Gasteiger partial charge in [-0.25, -0.2) is 0 Å². The highest BCUT2D eigenvalue weighted by Crippen LogP contribution is 2.20. The molecule has 1 aromatic carbocycles. The van der Waals surface area contributed by atoms with Gasteiger partial charge >= 0.3 is 0 Å². The number of hydrogen-bond acceptors (Lipinski definition) is 3. The number of carbonyl (C=O) groups excluding carboxylic acids is 1. The van der Waals surface area contributed by atoms with Crippen LogP contribution < -0.4 is 11.1 Å². The lowest BCUT2D eigenvalue weighted by Gasteiger charge is -2.02. The summed E-state index contributed by atoms with van der Waals surface area (Å²) in [5.74, 6) is -0.128. The molecule has 4 N–H and O–H groups in total. The van der Waals surface area contributed by atoms with Gasteiger partial charge in [0.1, 0.15) is 0 Å². The van der Waals surface area contributed by atoms with Crippen molar-refractivity contribution in [2.24, 2.45) is 0 Å². The molecule has 1 amide bonds. The molecule has 3 aromatic rings. The molecule has 5 heteroatoms. The number of H-pyrrole nitrogens is 1. The first-order valence-corrected chi connectivity index (χ1v) is 5.90. The van der Waals surface area contributed by atoms with Crippen LogP contribution in [0.5, 0.6) is 0 Å². The lowest BCUT2D eigenvalue weighted by atomic mass is 10.1. The quantitative estimate of drug-likeness (QED) is 0.628. The van der Waals surface area contributed by atoms with Gasteiger partial charge in [-0.05, 0) is 24.3 Å². The second-order valence-corrected chi connectivity index (χ2v) is 4.32. The van der Waals surface area contributed by atoms with Gasteiger partial charge in [0.15, 0.2) is 0 Å². The van der Waals surface area contributed by atoms with E-state index in [1.807, 2.05) is 18.2 Å². The zero-order chi connectivity index (χ0) is 13.2. The third kappa shape index (κ3) is 2.18. The van der Waals surface area contributed by atoms with Crippen LogP contribution in [0.25, 0.3) is 10.9 Å². The zero-order valence-electron chi connectivity index (χ0n) is 10.1. The summed E-state index contributed by atoms with van der Waals surface area (Å²) in [5, 5.41) is 3.70. The minimum absolute atomic E-state index is 0.128. The zero-order valence-corrected chi connectivity index (χ0v) is 10.1. The largest absolute Gasteiger partial charge is 0.472 e. The molecule has 0 saturated heterocycles. The van der Waals surface area contributed by atoms with Crippen LogP contribution in [0.2, 0.25) is 0 Å². The van der Waals surface area contributed by atoms with Gasteiger partial charge in [0, 0.05) is 34.9 Å². The number of nitrogens with one attached hydrogen (secondary N) is 2. The van der Waals surface area contributed by atoms with E-state index in [1.54, 1.807) is 24.8 Å². The molecule has 0 spiro atoms. The summed E-state index contributed by atoms with van der Waals surface area (Å²) in [5.41, 5.74) is 8.76. The third-order valence-electron chi connectivity index (χ3n) is 2.98. The highest BCUT2D eigenvalue weighted by Gasteiger charge is 2.11. The highest BCUT2D eigenvalue weighted by molar-refractivity contribution is 6.07. The molecule has 0 saturated carbocycles. The number of nitrogens with two attached hydrogens (primary N) is 1. The van der Waals surface area contributed by atoms with Gasteiger partial charge in [-0.1, -0.05) is 0 Å². The van der Waals surface area contributed by atoms with E-state index >= 15 is 0 Å². The van der Waals surface area contributed by atoms with Crippen molar-refractivity contribution in [1.29, 1.82) is 0 Å². The number of amides is 1. The Bertz CT molecular complexity index is 713. The van der Waals surface area contributed by atoms with E-state index in [0.717, 1.165) is 16.5 Å². The Hall–Kier alpha value is -2.69. The van der Waals surface area contributed by atoms with Crippen LogP contribution in [-0.4, -0.2) is 10.9 Å². The lowest BCUT2D eigenvalue weighted by Crippen LogP contribution is -2.22. The fraction of sp³-hybridized carbons (Fsp3) is 0.0714. The van der Waals surface area contributed by atoms with Gasteiger partial charge in [-0.2, -0.15) is 0 Å². The molecule has 0 fully saturated rings. The van der Waals surface area contributed by atoms with Crippen LogP contribution in [0.1, 0.15) is 15.9 Å². The van der Waals surface area contributed by atoms with E-state index in [9.17, 15) is 4.79 Å². The Morgan fingerprint density at radius 3 is 3.05 bits per heavy atom. The van der Waals surface area contributed by atoms with Crippen LogP contribution in [0.15, 0.2) is 47.4 Å². The number of aromatic amines is 1. The molecule has 19 heavy (non-hydrogen) atoms. The standard InChI is InChI=1S/C14H13N3O2/c15-10-1-2-11-12(7-16-13(11)5-10)14(18)17-6-9-3-4-19-8-9/h1-5,7-8,16H,6,15H2,(H,17,18). The molecular formula is C14H13N3O2. The number of furan rings is 1. The number of rotatable bonds is 3.